The largest absolute Gasteiger partial charge is 0.455 e. The van der Waals surface area contributed by atoms with E-state index in [1.54, 1.807) is 12.4 Å². The molecule has 0 fully saturated rings. The number of para-hydroxylation sites is 3. The predicted octanol–water partition coefficient (Wildman–Crippen LogP) is 4.62. The van der Waals surface area contributed by atoms with Crippen molar-refractivity contribution in [2.24, 2.45) is 0 Å². The van der Waals surface area contributed by atoms with Crippen LogP contribution in [0.3, 0.4) is 0 Å². The molecule has 1 N–H and O–H groups in total. The van der Waals surface area contributed by atoms with Crippen LogP contribution in [0.25, 0.3) is 0 Å². The predicted molar refractivity (Wildman–Crippen MR) is 80.5 cm³/mol. The molecule has 0 aliphatic heterocycles. The van der Waals surface area contributed by atoms with Gasteiger partial charge in [0, 0.05) is 6.20 Å². The van der Waals surface area contributed by atoms with Crippen LogP contribution in [0.4, 0.5) is 11.4 Å². The Kier molecular flexibility index (Phi) is 3.60. The van der Waals surface area contributed by atoms with Crippen molar-refractivity contribution < 1.29 is 4.74 Å². The number of nitrogens with one attached hydrogen (secondary N) is 1. The Bertz CT molecular complexity index is 608. The molecule has 0 saturated carbocycles. The summed E-state index contributed by atoms with van der Waals surface area (Å²) in [7, 11) is 0. The first kappa shape index (κ1) is 12.2. The van der Waals surface area contributed by atoms with Crippen LogP contribution < -0.4 is 10.1 Å². The number of nitrogens with zero attached hydrogens (tertiary/aromatic N) is 1. The van der Waals surface area contributed by atoms with Crippen molar-refractivity contribution in [3.05, 3.63) is 79.1 Å². The number of ether oxygens (including phenoxy) is 1. The zero-order valence-electron chi connectivity index (χ0n) is 10.9. The topological polar surface area (TPSA) is 34.1 Å². The van der Waals surface area contributed by atoms with E-state index in [0.717, 1.165) is 22.9 Å². The van der Waals surface area contributed by atoms with Crippen molar-refractivity contribution >= 4 is 11.4 Å². The van der Waals surface area contributed by atoms with Crippen LogP contribution >= 0.6 is 0 Å². The summed E-state index contributed by atoms with van der Waals surface area (Å²) in [6.45, 7) is 0. The van der Waals surface area contributed by atoms with Crippen molar-refractivity contribution in [3.8, 4) is 11.5 Å². The minimum Gasteiger partial charge on any atom is -0.455 e. The first-order valence-electron chi connectivity index (χ1n) is 6.41. The van der Waals surface area contributed by atoms with Crippen LogP contribution in [0.2, 0.25) is 0 Å². The quantitative estimate of drug-likeness (QED) is 0.745. The molecule has 0 bridgehead atoms. The lowest BCUT2D eigenvalue weighted by Crippen LogP contribution is -1.94. The normalized spacial score (nSPS) is 10.0. The average Bonchev–Trinajstić information content (AvgIpc) is 2.51. The summed E-state index contributed by atoms with van der Waals surface area (Å²) in [5, 5.41) is 3.31. The second kappa shape index (κ2) is 5.89. The van der Waals surface area contributed by atoms with E-state index >= 15 is 0 Å². The third-order valence-electron chi connectivity index (χ3n) is 2.80. The number of pyridine rings is 1. The molecule has 1 aromatic heterocycles. The van der Waals surface area contributed by atoms with Gasteiger partial charge in [-0.25, -0.2) is 0 Å². The fraction of sp³-hybridized carbons (Fsp3) is 0. The Morgan fingerprint density at radius 3 is 2.40 bits per heavy atom. The molecule has 1 heterocycles. The third-order valence-corrected chi connectivity index (χ3v) is 2.80. The molecule has 0 aliphatic rings. The molecule has 3 nitrogen and oxygen atoms in total. The fourth-order valence-corrected chi connectivity index (χ4v) is 1.87. The van der Waals surface area contributed by atoms with Gasteiger partial charge in [-0.05, 0) is 36.4 Å². The molecule has 3 rings (SSSR count). The summed E-state index contributed by atoms with van der Waals surface area (Å²) in [4.78, 5) is 4.09. The highest BCUT2D eigenvalue weighted by Crippen LogP contribution is 2.31. The zero-order valence-corrected chi connectivity index (χ0v) is 10.9. The average molecular weight is 262 g/mol. The Labute approximate surface area is 117 Å². The summed E-state index contributed by atoms with van der Waals surface area (Å²) >= 11 is 0. The fourth-order valence-electron chi connectivity index (χ4n) is 1.87. The SMILES string of the molecule is c1ccc(Oc2ccccc2Nc2cccnc2)cc1. The second-order valence-electron chi connectivity index (χ2n) is 4.28. The van der Waals surface area contributed by atoms with Crippen molar-refractivity contribution in [2.75, 3.05) is 5.32 Å². The molecule has 2 aromatic carbocycles. The Morgan fingerprint density at radius 1 is 0.800 bits per heavy atom. The standard InChI is InChI=1S/C17H14N2O/c1-2-8-15(9-3-1)20-17-11-5-4-10-16(17)19-14-7-6-12-18-13-14/h1-13,19H. The highest BCUT2D eigenvalue weighted by Gasteiger charge is 2.04. The number of aromatic nitrogens is 1. The first-order chi connectivity index (χ1) is 9.92. The van der Waals surface area contributed by atoms with E-state index in [0.29, 0.717) is 0 Å². The van der Waals surface area contributed by atoms with E-state index in [-0.39, 0.29) is 0 Å². The van der Waals surface area contributed by atoms with Gasteiger partial charge in [0.15, 0.2) is 5.75 Å². The Morgan fingerprint density at radius 2 is 1.60 bits per heavy atom. The van der Waals surface area contributed by atoms with Gasteiger partial charge in [0.05, 0.1) is 17.6 Å². The van der Waals surface area contributed by atoms with Gasteiger partial charge in [0.25, 0.3) is 0 Å². The molecule has 0 aliphatic carbocycles. The lowest BCUT2D eigenvalue weighted by atomic mass is 10.2. The van der Waals surface area contributed by atoms with Crippen LogP contribution in [0.15, 0.2) is 79.1 Å². The summed E-state index contributed by atoms with van der Waals surface area (Å²) in [6, 6.07) is 21.4. The smallest absolute Gasteiger partial charge is 0.150 e. The number of hydrogen-bond donors (Lipinski definition) is 1. The number of rotatable bonds is 4. The van der Waals surface area contributed by atoms with E-state index in [2.05, 4.69) is 10.3 Å². The summed E-state index contributed by atoms with van der Waals surface area (Å²) < 4.78 is 5.90. The zero-order chi connectivity index (χ0) is 13.6. The molecule has 0 saturated heterocycles. The maximum absolute atomic E-state index is 5.90. The van der Waals surface area contributed by atoms with Crippen molar-refractivity contribution in [1.29, 1.82) is 0 Å². The van der Waals surface area contributed by atoms with E-state index in [1.807, 2.05) is 66.7 Å². The third kappa shape index (κ3) is 2.95. The molecule has 3 aromatic rings. The van der Waals surface area contributed by atoms with Gasteiger partial charge in [0.1, 0.15) is 5.75 Å². The summed E-state index contributed by atoms with van der Waals surface area (Å²) in [5.41, 5.74) is 1.83. The van der Waals surface area contributed by atoms with Gasteiger partial charge >= 0.3 is 0 Å². The van der Waals surface area contributed by atoms with Crippen LogP contribution in [-0.2, 0) is 0 Å². The molecule has 0 radical (unpaired) electrons. The Hall–Kier alpha value is -2.81. The first-order valence-corrected chi connectivity index (χ1v) is 6.41. The number of benzene rings is 2. The van der Waals surface area contributed by atoms with Gasteiger partial charge in [0.2, 0.25) is 0 Å². The molecular weight excluding hydrogens is 248 g/mol. The molecule has 0 amide bonds. The molecule has 3 heteroatoms. The molecule has 98 valence electrons. The molecule has 20 heavy (non-hydrogen) atoms. The van der Waals surface area contributed by atoms with Gasteiger partial charge in [-0.3, -0.25) is 4.98 Å². The molecule has 0 atom stereocenters. The van der Waals surface area contributed by atoms with Crippen LogP contribution in [0, 0.1) is 0 Å². The highest BCUT2D eigenvalue weighted by molar-refractivity contribution is 5.66. The molecule has 0 unspecified atom stereocenters. The van der Waals surface area contributed by atoms with E-state index in [1.165, 1.54) is 0 Å². The van der Waals surface area contributed by atoms with Crippen molar-refractivity contribution in [2.45, 2.75) is 0 Å². The maximum atomic E-state index is 5.90. The summed E-state index contributed by atoms with van der Waals surface area (Å²) in [6.07, 6.45) is 3.52. The second-order valence-corrected chi connectivity index (χ2v) is 4.28. The highest BCUT2D eigenvalue weighted by atomic mass is 16.5. The van der Waals surface area contributed by atoms with Gasteiger partial charge in [-0.1, -0.05) is 30.3 Å². The number of hydrogen-bond acceptors (Lipinski definition) is 3. The summed E-state index contributed by atoms with van der Waals surface area (Å²) in [5.74, 6) is 1.59. The van der Waals surface area contributed by atoms with Crippen LogP contribution in [-0.4, -0.2) is 4.98 Å². The number of anilines is 2. The van der Waals surface area contributed by atoms with Gasteiger partial charge in [-0.2, -0.15) is 0 Å². The minimum atomic E-state index is 0.780. The van der Waals surface area contributed by atoms with Crippen LogP contribution in [0.1, 0.15) is 0 Å². The van der Waals surface area contributed by atoms with Gasteiger partial charge < -0.3 is 10.1 Å². The van der Waals surface area contributed by atoms with Crippen molar-refractivity contribution in [3.63, 3.8) is 0 Å². The van der Waals surface area contributed by atoms with E-state index in [4.69, 9.17) is 4.74 Å². The lowest BCUT2D eigenvalue weighted by molar-refractivity contribution is 0.485. The lowest BCUT2D eigenvalue weighted by Gasteiger charge is -2.12. The molecular formula is C17H14N2O. The molecule has 0 spiro atoms. The van der Waals surface area contributed by atoms with Crippen molar-refractivity contribution in [1.82, 2.24) is 4.98 Å². The Balaban J connectivity index is 1.85. The van der Waals surface area contributed by atoms with Crippen LogP contribution in [0.5, 0.6) is 11.5 Å². The van der Waals surface area contributed by atoms with E-state index < -0.39 is 0 Å². The monoisotopic (exact) mass is 262 g/mol. The minimum absolute atomic E-state index is 0.780. The maximum Gasteiger partial charge on any atom is 0.150 e. The van der Waals surface area contributed by atoms with E-state index in [9.17, 15) is 0 Å². The van der Waals surface area contributed by atoms with Gasteiger partial charge in [-0.15, -0.1) is 0 Å².